The number of carbonyl (C=O) groups excluding carboxylic acids is 2. The summed E-state index contributed by atoms with van der Waals surface area (Å²) in [6, 6.07) is 12.8. The molecule has 4 rings (SSSR count). The number of nitrogens with zero attached hydrogens (tertiary/aromatic N) is 2. The molecule has 128 valence electrons. The number of rotatable bonds is 3. The molecule has 1 saturated heterocycles. The lowest BCUT2D eigenvalue weighted by atomic mass is 10.1. The molecule has 0 radical (unpaired) electrons. The van der Waals surface area contributed by atoms with Gasteiger partial charge in [0.15, 0.2) is 0 Å². The van der Waals surface area contributed by atoms with Gasteiger partial charge in [-0.1, -0.05) is 22.0 Å². The van der Waals surface area contributed by atoms with Crippen LogP contribution in [-0.4, -0.2) is 30.5 Å². The third-order valence-electron chi connectivity index (χ3n) is 4.85. The topological polar surface area (TPSA) is 49.9 Å². The minimum absolute atomic E-state index is 0.0391. The van der Waals surface area contributed by atoms with Gasteiger partial charge >= 0.3 is 6.03 Å². The van der Waals surface area contributed by atoms with Gasteiger partial charge in [-0.3, -0.25) is 4.79 Å². The summed E-state index contributed by atoms with van der Waals surface area (Å²) in [4.78, 5) is 28.4. The van der Waals surface area contributed by atoms with Gasteiger partial charge in [-0.2, -0.15) is 0 Å². The van der Waals surface area contributed by atoms with Crippen LogP contribution >= 0.6 is 15.9 Å². The summed E-state index contributed by atoms with van der Waals surface area (Å²) in [5.74, 6) is 0.496. The first-order valence-corrected chi connectivity index (χ1v) is 8.93. The first-order chi connectivity index (χ1) is 12.1. The van der Waals surface area contributed by atoms with Crippen molar-refractivity contribution in [3.63, 3.8) is 0 Å². The van der Waals surface area contributed by atoms with Gasteiger partial charge in [0.05, 0.1) is 18.8 Å². The molecule has 1 atom stereocenters. The second-order valence-corrected chi connectivity index (χ2v) is 7.15. The van der Waals surface area contributed by atoms with E-state index in [2.05, 4.69) is 22.0 Å². The number of urea groups is 1. The predicted molar refractivity (Wildman–Crippen MR) is 97.8 cm³/mol. The zero-order valence-corrected chi connectivity index (χ0v) is 15.3. The molecule has 25 heavy (non-hydrogen) atoms. The Labute approximate surface area is 154 Å². The Bertz CT molecular complexity index is 850. The third kappa shape index (κ3) is 2.70. The van der Waals surface area contributed by atoms with Gasteiger partial charge in [0.1, 0.15) is 12.3 Å². The summed E-state index contributed by atoms with van der Waals surface area (Å²) in [6.07, 6.45) is 1.77. The summed E-state index contributed by atoms with van der Waals surface area (Å²) in [7, 11) is 1.58. The Morgan fingerprint density at radius 2 is 1.88 bits per heavy atom. The lowest BCUT2D eigenvalue weighted by molar-refractivity contribution is -0.116. The van der Waals surface area contributed by atoms with Crippen molar-refractivity contribution in [2.75, 3.05) is 18.6 Å². The van der Waals surface area contributed by atoms with E-state index in [0.717, 1.165) is 22.9 Å². The molecule has 3 amide bonds. The first kappa shape index (κ1) is 16.1. The van der Waals surface area contributed by atoms with Crippen LogP contribution in [0.2, 0.25) is 0 Å². The maximum absolute atomic E-state index is 12.9. The predicted octanol–water partition coefficient (Wildman–Crippen LogP) is 3.91. The molecule has 0 aromatic heterocycles. The van der Waals surface area contributed by atoms with Crippen LogP contribution in [0.25, 0.3) is 0 Å². The highest BCUT2D eigenvalue weighted by Crippen LogP contribution is 2.39. The van der Waals surface area contributed by atoms with Gasteiger partial charge in [-0.15, -0.1) is 0 Å². The quantitative estimate of drug-likeness (QED) is 0.733. The Hall–Kier alpha value is -2.34. The Kier molecular flexibility index (Phi) is 4.00. The summed E-state index contributed by atoms with van der Waals surface area (Å²) in [6.45, 7) is 0.116. The highest BCUT2D eigenvalue weighted by molar-refractivity contribution is 9.10. The van der Waals surface area contributed by atoms with Crippen LogP contribution in [0.4, 0.5) is 10.5 Å². The van der Waals surface area contributed by atoms with Crippen molar-refractivity contribution in [2.45, 2.75) is 18.9 Å². The lowest BCUT2D eigenvalue weighted by Crippen LogP contribution is -2.34. The minimum Gasteiger partial charge on any atom is -0.497 e. The molecule has 1 fully saturated rings. The van der Waals surface area contributed by atoms with E-state index in [4.69, 9.17) is 4.74 Å². The van der Waals surface area contributed by atoms with Gasteiger partial charge in [-0.25, -0.2) is 9.69 Å². The van der Waals surface area contributed by atoms with E-state index in [1.807, 2.05) is 12.1 Å². The normalized spacial score (nSPS) is 19.5. The Morgan fingerprint density at radius 1 is 1.12 bits per heavy atom. The number of methoxy groups -OCH3 is 1. The molecule has 0 spiro atoms. The number of carbonyl (C=O) groups is 2. The second-order valence-electron chi connectivity index (χ2n) is 6.24. The SMILES string of the molecule is COc1ccc(N2C(=O)CN(C3CCc4cc(Br)ccc43)C2=O)cc1. The van der Waals surface area contributed by atoms with E-state index < -0.39 is 0 Å². The van der Waals surface area contributed by atoms with Crippen LogP contribution in [0.1, 0.15) is 23.6 Å². The van der Waals surface area contributed by atoms with Crippen molar-refractivity contribution in [3.8, 4) is 5.75 Å². The van der Waals surface area contributed by atoms with Gasteiger partial charge in [-0.05, 0) is 60.4 Å². The van der Waals surface area contributed by atoms with Crippen LogP contribution in [-0.2, 0) is 11.2 Å². The van der Waals surface area contributed by atoms with E-state index in [1.54, 1.807) is 36.3 Å². The van der Waals surface area contributed by atoms with E-state index in [1.165, 1.54) is 10.5 Å². The Morgan fingerprint density at radius 3 is 2.60 bits per heavy atom. The summed E-state index contributed by atoms with van der Waals surface area (Å²) >= 11 is 3.49. The van der Waals surface area contributed by atoms with Crippen LogP contribution in [0, 0.1) is 0 Å². The first-order valence-electron chi connectivity index (χ1n) is 8.14. The van der Waals surface area contributed by atoms with Crippen molar-refractivity contribution >= 4 is 33.6 Å². The van der Waals surface area contributed by atoms with Crippen molar-refractivity contribution in [3.05, 3.63) is 58.1 Å². The fraction of sp³-hybridized carbons (Fsp3) is 0.263. The van der Waals surface area contributed by atoms with Gasteiger partial charge in [0, 0.05) is 4.47 Å². The number of aryl methyl sites for hydroxylation is 1. The number of anilines is 1. The maximum atomic E-state index is 12.9. The molecule has 0 saturated carbocycles. The minimum atomic E-state index is -0.254. The molecule has 6 heteroatoms. The fourth-order valence-corrected chi connectivity index (χ4v) is 4.04. The maximum Gasteiger partial charge on any atom is 0.332 e. The summed E-state index contributed by atoms with van der Waals surface area (Å²) in [5.41, 5.74) is 2.95. The molecule has 1 heterocycles. The molecule has 5 nitrogen and oxygen atoms in total. The molecule has 0 N–H and O–H groups in total. The smallest absolute Gasteiger partial charge is 0.332 e. The van der Waals surface area contributed by atoms with Crippen LogP contribution in [0.3, 0.4) is 0 Å². The zero-order chi connectivity index (χ0) is 17.6. The van der Waals surface area contributed by atoms with Gasteiger partial charge in [0.25, 0.3) is 5.91 Å². The fourth-order valence-electron chi connectivity index (χ4n) is 3.64. The van der Waals surface area contributed by atoms with Crippen molar-refractivity contribution in [1.82, 2.24) is 4.90 Å². The van der Waals surface area contributed by atoms with E-state index in [9.17, 15) is 9.59 Å². The number of ether oxygens (including phenoxy) is 1. The standard InChI is InChI=1S/C19H17BrN2O3/c1-25-15-6-4-14(5-7-15)22-18(23)11-21(19(22)24)17-9-2-12-10-13(20)3-8-16(12)17/h3-8,10,17H,2,9,11H2,1H3. The summed E-state index contributed by atoms with van der Waals surface area (Å²) in [5, 5.41) is 0. The second kappa shape index (κ2) is 6.19. The number of hydrogen-bond donors (Lipinski definition) is 0. The van der Waals surface area contributed by atoms with E-state index >= 15 is 0 Å². The number of imide groups is 1. The van der Waals surface area contributed by atoms with Crippen molar-refractivity contribution < 1.29 is 14.3 Å². The monoisotopic (exact) mass is 400 g/mol. The molecular formula is C19H17BrN2O3. The lowest BCUT2D eigenvalue weighted by Gasteiger charge is -2.24. The van der Waals surface area contributed by atoms with Gasteiger partial charge in [0.2, 0.25) is 0 Å². The molecule has 1 aliphatic carbocycles. The van der Waals surface area contributed by atoms with Crippen molar-refractivity contribution in [1.29, 1.82) is 0 Å². The molecule has 2 aromatic rings. The van der Waals surface area contributed by atoms with Crippen LogP contribution < -0.4 is 9.64 Å². The molecular weight excluding hydrogens is 384 g/mol. The largest absolute Gasteiger partial charge is 0.497 e. The molecule has 2 aromatic carbocycles. The average Bonchev–Trinajstić information content (AvgIpc) is 3.15. The van der Waals surface area contributed by atoms with Crippen LogP contribution in [0.5, 0.6) is 5.75 Å². The van der Waals surface area contributed by atoms with E-state index in [0.29, 0.717) is 11.4 Å². The highest BCUT2D eigenvalue weighted by atomic mass is 79.9. The van der Waals surface area contributed by atoms with Crippen LogP contribution in [0.15, 0.2) is 46.9 Å². The Balaban J connectivity index is 1.62. The van der Waals surface area contributed by atoms with E-state index in [-0.39, 0.29) is 24.5 Å². The average molecular weight is 401 g/mol. The molecule has 0 bridgehead atoms. The molecule has 2 aliphatic rings. The number of hydrogen-bond acceptors (Lipinski definition) is 3. The number of benzene rings is 2. The number of amides is 3. The third-order valence-corrected chi connectivity index (χ3v) is 5.34. The molecule has 1 aliphatic heterocycles. The highest BCUT2D eigenvalue weighted by Gasteiger charge is 2.42. The van der Waals surface area contributed by atoms with Gasteiger partial charge < -0.3 is 9.64 Å². The van der Waals surface area contributed by atoms with Crippen molar-refractivity contribution in [2.24, 2.45) is 0 Å². The summed E-state index contributed by atoms with van der Waals surface area (Å²) < 4.78 is 6.17. The zero-order valence-electron chi connectivity index (χ0n) is 13.7. The number of halogens is 1. The molecule has 1 unspecified atom stereocenters. The number of fused-ring (bicyclic) bond motifs is 1.